The molecule has 0 saturated carbocycles. The first-order valence-corrected chi connectivity index (χ1v) is 6.61. The van der Waals surface area contributed by atoms with E-state index in [1.54, 1.807) is 6.20 Å². The van der Waals surface area contributed by atoms with Crippen LogP contribution in [-0.4, -0.2) is 27.6 Å². The number of hydrogen-bond acceptors (Lipinski definition) is 3. The topological polar surface area (TPSA) is 47.3 Å². The smallest absolute Gasteiger partial charge is 0.0845 e. The number of hydrogen-bond donors (Lipinski definition) is 1. The molecule has 2 atom stereocenters. The molecule has 1 aromatic rings. The standard InChI is InChI=1S/C13H22N2O2/c1-2-6-15-10-11(9-14-15)13(16)8-12-5-3-4-7-17-12/h9-10,12-13,16H,2-8H2,1H3. The molecule has 0 spiro atoms. The molecule has 0 bridgehead atoms. The van der Waals surface area contributed by atoms with Crippen molar-refractivity contribution in [2.45, 2.75) is 57.8 Å². The summed E-state index contributed by atoms with van der Waals surface area (Å²) >= 11 is 0. The Kier molecular flexibility index (Phi) is 4.57. The van der Waals surface area contributed by atoms with Crippen molar-refractivity contribution >= 4 is 0 Å². The minimum Gasteiger partial charge on any atom is -0.388 e. The normalized spacial score (nSPS) is 22.6. The maximum Gasteiger partial charge on any atom is 0.0845 e. The summed E-state index contributed by atoms with van der Waals surface area (Å²) in [7, 11) is 0. The highest BCUT2D eigenvalue weighted by Crippen LogP contribution is 2.24. The molecular formula is C13H22N2O2. The van der Waals surface area contributed by atoms with E-state index >= 15 is 0 Å². The van der Waals surface area contributed by atoms with Crippen molar-refractivity contribution in [1.29, 1.82) is 0 Å². The summed E-state index contributed by atoms with van der Waals surface area (Å²) in [5.41, 5.74) is 0.910. The lowest BCUT2D eigenvalue weighted by Crippen LogP contribution is -2.21. The Labute approximate surface area is 103 Å². The van der Waals surface area contributed by atoms with Gasteiger partial charge >= 0.3 is 0 Å². The molecule has 2 rings (SSSR count). The second kappa shape index (κ2) is 6.17. The summed E-state index contributed by atoms with van der Waals surface area (Å²) < 4.78 is 7.53. The number of nitrogens with zero attached hydrogens (tertiary/aromatic N) is 2. The first-order valence-electron chi connectivity index (χ1n) is 6.61. The molecule has 0 radical (unpaired) electrons. The van der Waals surface area contributed by atoms with Gasteiger partial charge in [0.25, 0.3) is 0 Å². The van der Waals surface area contributed by atoms with E-state index in [-0.39, 0.29) is 6.10 Å². The van der Waals surface area contributed by atoms with Gasteiger partial charge in [0, 0.05) is 31.3 Å². The van der Waals surface area contributed by atoms with E-state index in [1.165, 1.54) is 6.42 Å². The minimum atomic E-state index is -0.441. The fraction of sp³-hybridized carbons (Fsp3) is 0.769. The third kappa shape index (κ3) is 3.54. The van der Waals surface area contributed by atoms with Gasteiger partial charge in [0.05, 0.1) is 18.4 Å². The highest BCUT2D eigenvalue weighted by atomic mass is 16.5. The van der Waals surface area contributed by atoms with Gasteiger partial charge in [-0.15, -0.1) is 0 Å². The van der Waals surface area contributed by atoms with E-state index in [4.69, 9.17) is 4.74 Å². The van der Waals surface area contributed by atoms with Crippen LogP contribution in [0.4, 0.5) is 0 Å². The molecule has 96 valence electrons. The van der Waals surface area contributed by atoms with Gasteiger partial charge in [0.2, 0.25) is 0 Å². The summed E-state index contributed by atoms with van der Waals surface area (Å²) in [6.07, 6.45) is 8.67. The van der Waals surface area contributed by atoms with Crippen molar-refractivity contribution in [3.05, 3.63) is 18.0 Å². The maximum absolute atomic E-state index is 10.1. The van der Waals surface area contributed by atoms with Crippen molar-refractivity contribution < 1.29 is 9.84 Å². The monoisotopic (exact) mass is 238 g/mol. The molecule has 1 aromatic heterocycles. The highest BCUT2D eigenvalue weighted by Gasteiger charge is 2.20. The molecule has 1 saturated heterocycles. The van der Waals surface area contributed by atoms with Crippen LogP contribution in [0.25, 0.3) is 0 Å². The van der Waals surface area contributed by atoms with Crippen LogP contribution in [0, 0.1) is 0 Å². The molecule has 1 aliphatic heterocycles. The third-order valence-electron chi connectivity index (χ3n) is 3.25. The molecule has 2 unspecified atom stereocenters. The van der Waals surface area contributed by atoms with Gasteiger partial charge in [0.1, 0.15) is 0 Å². The van der Waals surface area contributed by atoms with Crippen molar-refractivity contribution in [1.82, 2.24) is 9.78 Å². The molecule has 17 heavy (non-hydrogen) atoms. The molecule has 1 aliphatic rings. The van der Waals surface area contributed by atoms with Gasteiger partial charge in [-0.05, 0) is 25.7 Å². The Morgan fingerprint density at radius 3 is 3.18 bits per heavy atom. The highest BCUT2D eigenvalue weighted by molar-refractivity contribution is 5.08. The Morgan fingerprint density at radius 1 is 1.59 bits per heavy atom. The fourth-order valence-electron chi connectivity index (χ4n) is 2.28. The predicted octanol–water partition coefficient (Wildman–Crippen LogP) is 2.29. The van der Waals surface area contributed by atoms with E-state index < -0.39 is 6.10 Å². The van der Waals surface area contributed by atoms with Crippen LogP contribution in [0.15, 0.2) is 12.4 Å². The van der Waals surface area contributed by atoms with E-state index in [0.717, 1.165) is 38.0 Å². The fourth-order valence-corrected chi connectivity index (χ4v) is 2.28. The quantitative estimate of drug-likeness (QED) is 0.856. The molecule has 4 nitrogen and oxygen atoms in total. The Bertz CT molecular complexity index is 332. The molecule has 1 N–H and O–H groups in total. The van der Waals surface area contributed by atoms with Gasteiger partial charge in [0.15, 0.2) is 0 Å². The van der Waals surface area contributed by atoms with Gasteiger partial charge < -0.3 is 9.84 Å². The van der Waals surface area contributed by atoms with E-state index in [0.29, 0.717) is 6.42 Å². The lowest BCUT2D eigenvalue weighted by atomic mass is 10.0. The number of rotatable bonds is 5. The number of aliphatic hydroxyl groups is 1. The van der Waals surface area contributed by atoms with Crippen molar-refractivity contribution in [3.63, 3.8) is 0 Å². The van der Waals surface area contributed by atoms with Gasteiger partial charge in [-0.1, -0.05) is 6.92 Å². The average molecular weight is 238 g/mol. The second-order valence-corrected chi connectivity index (χ2v) is 4.78. The van der Waals surface area contributed by atoms with Crippen LogP contribution in [0.3, 0.4) is 0 Å². The lowest BCUT2D eigenvalue weighted by Gasteiger charge is -2.24. The molecule has 2 heterocycles. The summed E-state index contributed by atoms with van der Waals surface area (Å²) in [6.45, 7) is 3.87. The number of aliphatic hydroxyl groups excluding tert-OH is 1. The molecule has 0 amide bonds. The molecular weight excluding hydrogens is 216 g/mol. The first kappa shape index (κ1) is 12.6. The summed E-state index contributed by atoms with van der Waals surface area (Å²) in [6, 6.07) is 0. The maximum atomic E-state index is 10.1. The zero-order valence-electron chi connectivity index (χ0n) is 10.5. The van der Waals surface area contributed by atoms with Gasteiger partial charge in [-0.3, -0.25) is 4.68 Å². The zero-order chi connectivity index (χ0) is 12.1. The SMILES string of the molecule is CCCn1cc(C(O)CC2CCCCO2)cn1. The molecule has 4 heteroatoms. The Morgan fingerprint density at radius 2 is 2.47 bits per heavy atom. The first-order chi connectivity index (χ1) is 8.29. The van der Waals surface area contributed by atoms with Crippen LogP contribution in [0.1, 0.15) is 50.7 Å². The summed E-state index contributed by atoms with van der Waals surface area (Å²) in [5.74, 6) is 0. The van der Waals surface area contributed by atoms with Crippen LogP contribution in [0.2, 0.25) is 0 Å². The molecule has 1 fully saturated rings. The van der Waals surface area contributed by atoms with Crippen LogP contribution >= 0.6 is 0 Å². The van der Waals surface area contributed by atoms with Crippen LogP contribution in [0.5, 0.6) is 0 Å². The largest absolute Gasteiger partial charge is 0.388 e. The number of aromatic nitrogens is 2. The molecule has 0 aliphatic carbocycles. The van der Waals surface area contributed by atoms with Crippen LogP contribution in [-0.2, 0) is 11.3 Å². The number of ether oxygens (including phenoxy) is 1. The van der Waals surface area contributed by atoms with Crippen molar-refractivity contribution in [2.75, 3.05) is 6.61 Å². The van der Waals surface area contributed by atoms with Crippen molar-refractivity contribution in [2.24, 2.45) is 0 Å². The zero-order valence-corrected chi connectivity index (χ0v) is 10.5. The third-order valence-corrected chi connectivity index (χ3v) is 3.25. The average Bonchev–Trinajstić information content (AvgIpc) is 2.79. The van der Waals surface area contributed by atoms with E-state index in [9.17, 15) is 5.11 Å². The Hall–Kier alpha value is -0.870. The summed E-state index contributed by atoms with van der Waals surface area (Å²) in [5, 5.41) is 14.4. The predicted molar refractivity (Wildman–Crippen MR) is 65.7 cm³/mol. The minimum absolute atomic E-state index is 0.216. The molecule has 0 aromatic carbocycles. The van der Waals surface area contributed by atoms with Crippen LogP contribution < -0.4 is 0 Å². The van der Waals surface area contributed by atoms with Gasteiger partial charge in [-0.2, -0.15) is 5.10 Å². The second-order valence-electron chi connectivity index (χ2n) is 4.78. The summed E-state index contributed by atoms with van der Waals surface area (Å²) in [4.78, 5) is 0. The van der Waals surface area contributed by atoms with Gasteiger partial charge in [-0.25, -0.2) is 0 Å². The van der Waals surface area contributed by atoms with Crippen molar-refractivity contribution in [3.8, 4) is 0 Å². The Balaban J connectivity index is 1.86. The van der Waals surface area contributed by atoms with E-state index in [2.05, 4.69) is 12.0 Å². The number of aryl methyl sites for hydroxylation is 1. The van der Waals surface area contributed by atoms with E-state index in [1.807, 2.05) is 10.9 Å². The lowest BCUT2D eigenvalue weighted by molar-refractivity contribution is -0.0155.